The van der Waals surface area contributed by atoms with Gasteiger partial charge in [0.2, 0.25) is 0 Å². The highest BCUT2D eigenvalue weighted by molar-refractivity contribution is 5.86. The van der Waals surface area contributed by atoms with E-state index in [0.29, 0.717) is 13.0 Å². The maximum atomic E-state index is 11.5. The topological polar surface area (TPSA) is 43.4 Å². The summed E-state index contributed by atoms with van der Waals surface area (Å²) >= 11 is 0. The van der Waals surface area contributed by atoms with Crippen LogP contribution in [0.3, 0.4) is 0 Å². The number of esters is 1. The molecule has 0 aliphatic rings. The van der Waals surface area contributed by atoms with Gasteiger partial charge in [-0.15, -0.1) is 0 Å². The highest BCUT2D eigenvalue weighted by atomic mass is 16.5. The first-order valence-corrected chi connectivity index (χ1v) is 5.73. The van der Waals surface area contributed by atoms with Crippen LogP contribution in [-0.2, 0) is 14.3 Å². The molecule has 0 saturated heterocycles. The first kappa shape index (κ1) is 14.1. The summed E-state index contributed by atoms with van der Waals surface area (Å²) in [5, 5.41) is 0. The van der Waals surface area contributed by atoms with Crippen molar-refractivity contribution >= 4 is 11.8 Å². The van der Waals surface area contributed by atoms with Crippen LogP contribution in [0.15, 0.2) is 0 Å². The van der Waals surface area contributed by atoms with E-state index < -0.39 is 0 Å². The van der Waals surface area contributed by atoms with Gasteiger partial charge in [-0.1, -0.05) is 34.1 Å². The average Bonchev–Trinajstić information content (AvgIpc) is 2.26. The number of rotatable bonds is 7. The van der Waals surface area contributed by atoms with Gasteiger partial charge in [-0.25, -0.2) is 0 Å². The van der Waals surface area contributed by atoms with Crippen LogP contribution in [0, 0.1) is 11.8 Å². The quantitative estimate of drug-likeness (QED) is 0.483. The van der Waals surface area contributed by atoms with Crippen molar-refractivity contribution in [3.05, 3.63) is 0 Å². The highest BCUT2D eigenvalue weighted by Crippen LogP contribution is 2.15. The second-order valence-electron chi connectivity index (χ2n) is 3.92. The van der Waals surface area contributed by atoms with Crippen LogP contribution >= 0.6 is 0 Å². The van der Waals surface area contributed by atoms with Crippen LogP contribution in [-0.4, -0.2) is 18.4 Å². The van der Waals surface area contributed by atoms with Gasteiger partial charge >= 0.3 is 5.97 Å². The molecular formula is C12H22O3. The van der Waals surface area contributed by atoms with E-state index in [4.69, 9.17) is 4.74 Å². The molecule has 0 aromatic heterocycles. The summed E-state index contributed by atoms with van der Waals surface area (Å²) < 4.78 is 5.07. The lowest BCUT2D eigenvalue weighted by atomic mass is 9.91. The predicted molar refractivity (Wildman–Crippen MR) is 59.5 cm³/mol. The average molecular weight is 214 g/mol. The van der Waals surface area contributed by atoms with Crippen LogP contribution < -0.4 is 0 Å². The minimum Gasteiger partial charge on any atom is -0.465 e. The van der Waals surface area contributed by atoms with Crippen LogP contribution in [0.2, 0.25) is 0 Å². The van der Waals surface area contributed by atoms with Crippen molar-refractivity contribution < 1.29 is 14.3 Å². The van der Waals surface area contributed by atoms with E-state index in [1.54, 1.807) is 13.8 Å². The summed E-state index contributed by atoms with van der Waals surface area (Å²) in [4.78, 5) is 22.9. The van der Waals surface area contributed by atoms with E-state index >= 15 is 0 Å². The molecule has 0 rings (SSSR count). The molecule has 0 fully saturated rings. The SMILES string of the molecule is CCCCOC(=O)C(C)C(C)C(=O)CC. The van der Waals surface area contributed by atoms with E-state index in [1.807, 2.05) is 13.8 Å². The Hall–Kier alpha value is -0.860. The lowest BCUT2D eigenvalue weighted by Gasteiger charge is -2.16. The van der Waals surface area contributed by atoms with Gasteiger partial charge in [0.15, 0.2) is 0 Å². The third-order valence-corrected chi connectivity index (χ3v) is 2.72. The van der Waals surface area contributed by atoms with Crippen molar-refractivity contribution in [2.75, 3.05) is 6.61 Å². The number of ether oxygens (including phenoxy) is 1. The van der Waals surface area contributed by atoms with E-state index in [0.717, 1.165) is 12.8 Å². The fourth-order valence-corrected chi connectivity index (χ4v) is 1.25. The third-order valence-electron chi connectivity index (χ3n) is 2.72. The Bertz CT molecular complexity index is 211. The monoisotopic (exact) mass is 214 g/mol. The minimum atomic E-state index is -0.325. The molecule has 0 saturated carbocycles. The summed E-state index contributed by atoms with van der Waals surface area (Å²) in [5.41, 5.74) is 0. The lowest BCUT2D eigenvalue weighted by Crippen LogP contribution is -2.27. The second-order valence-corrected chi connectivity index (χ2v) is 3.92. The van der Waals surface area contributed by atoms with Gasteiger partial charge in [0, 0.05) is 12.3 Å². The number of unbranched alkanes of at least 4 members (excludes halogenated alkanes) is 1. The maximum Gasteiger partial charge on any atom is 0.309 e. The Morgan fingerprint density at radius 1 is 1.13 bits per heavy atom. The summed E-state index contributed by atoms with van der Waals surface area (Å²) in [6.45, 7) is 7.87. The smallest absolute Gasteiger partial charge is 0.309 e. The Morgan fingerprint density at radius 3 is 2.20 bits per heavy atom. The Kier molecular flexibility index (Phi) is 7.01. The van der Waals surface area contributed by atoms with E-state index in [1.165, 1.54) is 0 Å². The molecule has 2 unspecified atom stereocenters. The van der Waals surface area contributed by atoms with Crippen molar-refractivity contribution in [2.24, 2.45) is 11.8 Å². The van der Waals surface area contributed by atoms with Crippen LogP contribution in [0.5, 0.6) is 0 Å². The molecule has 0 radical (unpaired) electrons. The number of hydrogen-bond acceptors (Lipinski definition) is 3. The largest absolute Gasteiger partial charge is 0.465 e. The zero-order valence-corrected chi connectivity index (χ0v) is 10.2. The van der Waals surface area contributed by atoms with Gasteiger partial charge in [0.05, 0.1) is 12.5 Å². The Morgan fingerprint density at radius 2 is 1.73 bits per heavy atom. The lowest BCUT2D eigenvalue weighted by molar-refractivity contribution is -0.151. The van der Waals surface area contributed by atoms with Gasteiger partial charge in [-0.2, -0.15) is 0 Å². The van der Waals surface area contributed by atoms with Gasteiger partial charge in [0.25, 0.3) is 0 Å². The molecule has 0 aliphatic heterocycles. The molecule has 0 bridgehead atoms. The van der Waals surface area contributed by atoms with E-state index in [2.05, 4.69) is 0 Å². The van der Waals surface area contributed by atoms with Crippen molar-refractivity contribution in [1.29, 1.82) is 0 Å². The summed E-state index contributed by atoms with van der Waals surface area (Å²) in [7, 11) is 0. The summed E-state index contributed by atoms with van der Waals surface area (Å²) in [6.07, 6.45) is 2.37. The van der Waals surface area contributed by atoms with E-state index in [-0.39, 0.29) is 23.6 Å². The van der Waals surface area contributed by atoms with Crippen molar-refractivity contribution in [3.63, 3.8) is 0 Å². The molecule has 0 aromatic carbocycles. The van der Waals surface area contributed by atoms with Crippen molar-refractivity contribution in [2.45, 2.75) is 47.0 Å². The molecule has 3 nitrogen and oxygen atoms in total. The first-order chi connectivity index (χ1) is 7.04. The molecule has 3 heteroatoms. The summed E-state index contributed by atoms with van der Waals surface area (Å²) in [5.74, 6) is -0.689. The molecule has 88 valence electrons. The minimum absolute atomic E-state index is 0.120. The van der Waals surface area contributed by atoms with Crippen LogP contribution in [0.25, 0.3) is 0 Å². The molecule has 0 aliphatic carbocycles. The fraction of sp³-hybridized carbons (Fsp3) is 0.833. The van der Waals surface area contributed by atoms with Gasteiger partial charge < -0.3 is 4.74 Å². The third kappa shape index (κ3) is 4.96. The number of carbonyl (C=O) groups excluding carboxylic acids is 2. The highest BCUT2D eigenvalue weighted by Gasteiger charge is 2.25. The fourth-order valence-electron chi connectivity index (χ4n) is 1.25. The molecule has 2 atom stereocenters. The molecule has 0 N–H and O–H groups in total. The Balaban J connectivity index is 4.02. The molecule has 0 spiro atoms. The first-order valence-electron chi connectivity index (χ1n) is 5.73. The van der Waals surface area contributed by atoms with Crippen molar-refractivity contribution in [3.8, 4) is 0 Å². The second kappa shape index (κ2) is 7.43. The summed E-state index contributed by atoms with van der Waals surface area (Å²) in [6, 6.07) is 0. The van der Waals surface area contributed by atoms with Crippen molar-refractivity contribution in [1.82, 2.24) is 0 Å². The number of hydrogen-bond donors (Lipinski definition) is 0. The van der Waals surface area contributed by atoms with Gasteiger partial charge in [-0.3, -0.25) is 9.59 Å². The van der Waals surface area contributed by atoms with Crippen LogP contribution in [0.4, 0.5) is 0 Å². The molecule has 15 heavy (non-hydrogen) atoms. The normalized spacial score (nSPS) is 14.4. The van der Waals surface area contributed by atoms with E-state index in [9.17, 15) is 9.59 Å². The predicted octanol–water partition coefficient (Wildman–Crippen LogP) is 2.58. The van der Waals surface area contributed by atoms with Crippen LogP contribution in [0.1, 0.15) is 47.0 Å². The molecular weight excluding hydrogens is 192 g/mol. The molecule has 0 aromatic rings. The number of ketones is 1. The zero-order valence-electron chi connectivity index (χ0n) is 10.2. The molecule has 0 heterocycles. The number of carbonyl (C=O) groups is 2. The van der Waals surface area contributed by atoms with Gasteiger partial charge in [0.1, 0.15) is 5.78 Å². The standard InChI is InChI=1S/C12H22O3/c1-5-7-8-15-12(14)10(4)9(3)11(13)6-2/h9-10H,5-8H2,1-4H3. The van der Waals surface area contributed by atoms with Gasteiger partial charge in [-0.05, 0) is 6.42 Å². The Labute approximate surface area is 92.2 Å². The maximum absolute atomic E-state index is 11.5. The zero-order chi connectivity index (χ0) is 11.8. The molecule has 0 amide bonds. The number of Topliss-reactive ketones (excluding diaryl/α,β-unsaturated/α-hetero) is 1.